The highest BCUT2D eigenvalue weighted by molar-refractivity contribution is 6.04. The van der Waals surface area contributed by atoms with E-state index in [4.69, 9.17) is 0 Å². The number of hydrogen-bond acceptors (Lipinski definition) is 5. The Morgan fingerprint density at radius 1 is 1.06 bits per heavy atom. The molecule has 0 radical (unpaired) electrons. The highest BCUT2D eigenvalue weighted by atomic mass is 19.1. The number of hydrogen-bond donors (Lipinski definition) is 1. The van der Waals surface area contributed by atoms with Crippen LogP contribution >= 0.6 is 0 Å². The maximum absolute atomic E-state index is 13.1. The lowest BCUT2D eigenvalue weighted by molar-refractivity contribution is -0.133. The van der Waals surface area contributed by atoms with Gasteiger partial charge in [-0.3, -0.25) is 14.5 Å². The molecule has 8 heteroatoms. The second-order valence-corrected chi connectivity index (χ2v) is 8.62. The van der Waals surface area contributed by atoms with Gasteiger partial charge in [0.25, 0.3) is 5.91 Å². The number of aromatic nitrogens is 2. The van der Waals surface area contributed by atoms with Crippen molar-refractivity contribution in [1.29, 1.82) is 0 Å². The highest BCUT2D eigenvalue weighted by Gasteiger charge is 2.33. The zero-order valence-corrected chi connectivity index (χ0v) is 18.5. The third kappa shape index (κ3) is 5.30. The fourth-order valence-electron chi connectivity index (χ4n) is 4.51. The van der Waals surface area contributed by atoms with Crippen LogP contribution in [0, 0.1) is 12.7 Å². The summed E-state index contributed by atoms with van der Waals surface area (Å²) in [5.41, 5.74) is 1.42. The molecular weight excluding hydrogens is 409 g/mol. The fourth-order valence-corrected chi connectivity index (χ4v) is 4.51. The first kappa shape index (κ1) is 22.3. The lowest BCUT2D eigenvalue weighted by atomic mass is 10.1. The van der Waals surface area contributed by atoms with Crippen molar-refractivity contribution in [3.05, 3.63) is 53.4 Å². The van der Waals surface area contributed by atoms with Gasteiger partial charge < -0.3 is 10.2 Å². The van der Waals surface area contributed by atoms with Gasteiger partial charge >= 0.3 is 0 Å². The lowest BCUT2D eigenvalue weighted by Crippen LogP contribution is -2.40. The Hall–Kier alpha value is -2.87. The van der Waals surface area contributed by atoms with Crippen LogP contribution in [0.4, 0.5) is 10.1 Å². The van der Waals surface area contributed by atoms with Crippen molar-refractivity contribution in [1.82, 2.24) is 19.8 Å². The standard InChI is InChI=1S/C24H30FN5O2/c1-17-20(24(32)28-19-10-8-18(25)9-11-19)15-26-23(27-17)21-7-6-14-30(21)22(31)16-29-12-4-2-3-5-13-29/h8-11,15,21H,2-7,12-14,16H2,1H3,(H,28,32). The first-order chi connectivity index (χ1) is 15.5. The third-order valence-electron chi connectivity index (χ3n) is 6.27. The summed E-state index contributed by atoms with van der Waals surface area (Å²) in [5, 5.41) is 2.74. The number of anilines is 1. The van der Waals surface area contributed by atoms with Gasteiger partial charge in [-0.25, -0.2) is 14.4 Å². The van der Waals surface area contributed by atoms with Gasteiger partial charge in [-0.15, -0.1) is 0 Å². The molecule has 2 saturated heterocycles. The van der Waals surface area contributed by atoms with Crippen molar-refractivity contribution < 1.29 is 14.0 Å². The molecule has 2 fully saturated rings. The van der Waals surface area contributed by atoms with E-state index in [1.54, 1.807) is 6.92 Å². The molecule has 1 atom stereocenters. The van der Waals surface area contributed by atoms with Crippen LogP contribution in [0.15, 0.2) is 30.5 Å². The molecule has 170 valence electrons. The average Bonchev–Trinajstić information content (AvgIpc) is 3.14. The third-order valence-corrected chi connectivity index (χ3v) is 6.27. The summed E-state index contributed by atoms with van der Waals surface area (Å²) in [4.78, 5) is 38.9. The molecule has 32 heavy (non-hydrogen) atoms. The Kier molecular flexibility index (Phi) is 7.09. The smallest absolute Gasteiger partial charge is 0.259 e. The summed E-state index contributed by atoms with van der Waals surface area (Å²) < 4.78 is 13.1. The molecule has 0 saturated carbocycles. The van der Waals surface area contributed by atoms with Crippen LogP contribution in [0.2, 0.25) is 0 Å². The molecule has 0 bridgehead atoms. The molecular formula is C24H30FN5O2. The summed E-state index contributed by atoms with van der Waals surface area (Å²) in [6.45, 7) is 4.90. The lowest BCUT2D eigenvalue weighted by Gasteiger charge is -2.27. The number of halogens is 1. The number of rotatable bonds is 5. The predicted molar refractivity (Wildman–Crippen MR) is 120 cm³/mol. The van der Waals surface area contributed by atoms with Gasteiger partial charge in [0, 0.05) is 18.4 Å². The molecule has 2 aromatic rings. The zero-order chi connectivity index (χ0) is 22.5. The SMILES string of the molecule is Cc1nc(C2CCCN2C(=O)CN2CCCCCC2)ncc1C(=O)Nc1ccc(F)cc1. The predicted octanol–water partition coefficient (Wildman–Crippen LogP) is 3.72. The summed E-state index contributed by atoms with van der Waals surface area (Å²) in [5.74, 6) is 0.0101. The van der Waals surface area contributed by atoms with Crippen molar-refractivity contribution in [2.75, 3.05) is 31.5 Å². The van der Waals surface area contributed by atoms with Crippen molar-refractivity contribution in [3.8, 4) is 0 Å². The molecule has 0 aliphatic carbocycles. The van der Waals surface area contributed by atoms with E-state index in [1.807, 2.05) is 4.90 Å². The van der Waals surface area contributed by atoms with Gasteiger partial charge in [-0.05, 0) is 70.0 Å². The van der Waals surface area contributed by atoms with Gasteiger partial charge in [0.1, 0.15) is 5.82 Å². The van der Waals surface area contributed by atoms with Gasteiger partial charge in [0.2, 0.25) is 5.91 Å². The first-order valence-corrected chi connectivity index (χ1v) is 11.4. The molecule has 0 spiro atoms. The molecule has 2 amide bonds. The van der Waals surface area contributed by atoms with Crippen molar-refractivity contribution >= 4 is 17.5 Å². The topological polar surface area (TPSA) is 78.4 Å². The Bertz CT molecular complexity index is 957. The van der Waals surface area contributed by atoms with E-state index in [-0.39, 0.29) is 23.7 Å². The van der Waals surface area contributed by atoms with Gasteiger partial charge in [-0.2, -0.15) is 0 Å². The Morgan fingerprint density at radius 2 is 1.78 bits per heavy atom. The van der Waals surface area contributed by atoms with Crippen LogP contribution < -0.4 is 5.32 Å². The van der Waals surface area contributed by atoms with E-state index in [9.17, 15) is 14.0 Å². The first-order valence-electron chi connectivity index (χ1n) is 11.4. The number of carbonyl (C=O) groups is 2. The molecule has 1 aromatic carbocycles. The van der Waals surface area contributed by atoms with Gasteiger partial charge in [-0.1, -0.05) is 12.8 Å². The summed E-state index contributed by atoms with van der Waals surface area (Å²) in [7, 11) is 0. The molecule has 1 aromatic heterocycles. The normalized spacial score (nSPS) is 19.6. The monoisotopic (exact) mass is 439 g/mol. The summed E-state index contributed by atoms with van der Waals surface area (Å²) in [6, 6.07) is 5.44. The van der Waals surface area contributed by atoms with Crippen LogP contribution in [0.5, 0.6) is 0 Å². The van der Waals surface area contributed by atoms with Crippen LogP contribution in [-0.4, -0.2) is 57.8 Å². The minimum Gasteiger partial charge on any atom is -0.331 e. The maximum atomic E-state index is 13.1. The van der Waals surface area contributed by atoms with Crippen molar-refractivity contribution in [2.24, 2.45) is 0 Å². The Labute approximate surface area is 188 Å². The molecule has 7 nitrogen and oxygen atoms in total. The second kappa shape index (κ2) is 10.2. The molecule has 2 aliphatic heterocycles. The zero-order valence-electron chi connectivity index (χ0n) is 18.5. The van der Waals surface area contributed by atoms with E-state index < -0.39 is 0 Å². The van der Waals surface area contributed by atoms with E-state index in [0.717, 1.165) is 38.8 Å². The molecule has 1 N–H and O–H groups in total. The van der Waals surface area contributed by atoms with Crippen LogP contribution in [0.1, 0.15) is 66.4 Å². The van der Waals surface area contributed by atoms with E-state index in [0.29, 0.717) is 35.9 Å². The van der Waals surface area contributed by atoms with Gasteiger partial charge in [0.05, 0.1) is 23.8 Å². The number of likely N-dealkylation sites (tertiary alicyclic amines) is 2. The second-order valence-electron chi connectivity index (χ2n) is 8.62. The fraction of sp³-hybridized carbons (Fsp3) is 0.500. The number of nitrogens with one attached hydrogen (secondary N) is 1. The number of carbonyl (C=O) groups excluding carboxylic acids is 2. The number of aryl methyl sites for hydroxylation is 1. The van der Waals surface area contributed by atoms with E-state index in [1.165, 1.54) is 43.3 Å². The maximum Gasteiger partial charge on any atom is 0.259 e. The van der Waals surface area contributed by atoms with Gasteiger partial charge in [0.15, 0.2) is 5.82 Å². The number of nitrogens with zero attached hydrogens (tertiary/aromatic N) is 4. The summed E-state index contributed by atoms with van der Waals surface area (Å²) >= 11 is 0. The van der Waals surface area contributed by atoms with Crippen LogP contribution in [-0.2, 0) is 4.79 Å². The Balaban J connectivity index is 1.43. The van der Waals surface area contributed by atoms with E-state index in [2.05, 4.69) is 20.2 Å². The summed E-state index contributed by atoms with van der Waals surface area (Å²) in [6.07, 6.45) is 8.06. The van der Waals surface area contributed by atoms with Crippen LogP contribution in [0.25, 0.3) is 0 Å². The molecule has 1 unspecified atom stereocenters. The molecule has 4 rings (SSSR count). The minimum absolute atomic E-state index is 0.133. The molecule has 3 heterocycles. The van der Waals surface area contributed by atoms with Crippen LogP contribution in [0.3, 0.4) is 0 Å². The quantitative estimate of drug-likeness (QED) is 0.768. The van der Waals surface area contributed by atoms with E-state index >= 15 is 0 Å². The van der Waals surface area contributed by atoms with Crippen molar-refractivity contribution in [2.45, 2.75) is 51.5 Å². The average molecular weight is 440 g/mol. The largest absolute Gasteiger partial charge is 0.331 e. The number of benzene rings is 1. The highest BCUT2D eigenvalue weighted by Crippen LogP contribution is 2.30. The molecule has 2 aliphatic rings. The number of amides is 2. The Morgan fingerprint density at radius 3 is 2.47 bits per heavy atom. The minimum atomic E-state index is -0.363. The van der Waals surface area contributed by atoms with Crippen molar-refractivity contribution in [3.63, 3.8) is 0 Å².